The molecule has 0 spiro atoms. The minimum Gasteiger partial charge on any atom is -0.369 e. The smallest absolute Gasteiger partial charge is 0.256 e. The number of aromatic nitrogens is 3. The quantitative estimate of drug-likeness (QED) is 0.907. The normalized spacial score (nSPS) is 11.3. The highest BCUT2D eigenvalue weighted by Gasteiger charge is 2.27. The van der Waals surface area contributed by atoms with E-state index in [4.69, 9.17) is 4.74 Å². The van der Waals surface area contributed by atoms with Gasteiger partial charge in [-0.2, -0.15) is 5.10 Å². The zero-order chi connectivity index (χ0) is 13.9. The maximum Gasteiger partial charge on any atom is 0.256 e. The number of hydrogen-bond acceptors (Lipinski definition) is 4. The molecular weight excluding hydrogens is 244 g/mol. The van der Waals surface area contributed by atoms with Crippen LogP contribution in [0.3, 0.4) is 0 Å². The van der Waals surface area contributed by atoms with E-state index in [9.17, 15) is 4.79 Å². The van der Waals surface area contributed by atoms with E-state index in [0.29, 0.717) is 5.69 Å². The third-order valence-electron chi connectivity index (χ3n) is 2.87. The Morgan fingerprint density at radius 3 is 2.74 bits per heavy atom. The first kappa shape index (κ1) is 13.2. The lowest BCUT2D eigenvalue weighted by atomic mass is 10.1. The second-order valence-electron chi connectivity index (χ2n) is 4.53. The Balaban J connectivity index is 2.29. The molecule has 0 saturated carbocycles. The number of carbonyl (C=O) groups is 1. The number of methoxy groups -OCH3 is 1. The number of ether oxygens (including phenoxy) is 1. The lowest BCUT2D eigenvalue weighted by molar-refractivity contribution is -0.133. The Morgan fingerprint density at radius 2 is 2.11 bits per heavy atom. The van der Waals surface area contributed by atoms with Crippen LogP contribution in [0.4, 0.5) is 5.69 Å². The Labute approximate surface area is 111 Å². The predicted molar refractivity (Wildman–Crippen MR) is 71.1 cm³/mol. The van der Waals surface area contributed by atoms with Gasteiger partial charge in [-0.05, 0) is 26.0 Å². The van der Waals surface area contributed by atoms with Crippen LogP contribution in [0.1, 0.15) is 13.8 Å². The average Bonchev–Trinajstić information content (AvgIpc) is 2.93. The summed E-state index contributed by atoms with van der Waals surface area (Å²) in [6, 6.07) is 7.37. The molecule has 0 atom stereocenters. The van der Waals surface area contributed by atoms with E-state index < -0.39 is 5.60 Å². The van der Waals surface area contributed by atoms with Crippen molar-refractivity contribution < 1.29 is 9.53 Å². The summed E-state index contributed by atoms with van der Waals surface area (Å²) in [6.45, 7) is 3.42. The fourth-order valence-electron chi connectivity index (χ4n) is 1.48. The van der Waals surface area contributed by atoms with E-state index in [1.165, 1.54) is 13.4 Å². The van der Waals surface area contributed by atoms with Crippen molar-refractivity contribution in [2.24, 2.45) is 0 Å². The molecule has 1 heterocycles. The van der Waals surface area contributed by atoms with E-state index in [-0.39, 0.29) is 5.91 Å². The first-order chi connectivity index (χ1) is 9.04. The maximum absolute atomic E-state index is 12.1. The molecule has 100 valence electrons. The van der Waals surface area contributed by atoms with Crippen molar-refractivity contribution in [2.45, 2.75) is 19.4 Å². The molecule has 0 unspecified atom stereocenters. The van der Waals surface area contributed by atoms with Gasteiger partial charge >= 0.3 is 0 Å². The number of benzene rings is 1. The van der Waals surface area contributed by atoms with E-state index in [2.05, 4.69) is 15.4 Å². The lowest BCUT2D eigenvalue weighted by Gasteiger charge is -2.22. The molecule has 0 fully saturated rings. The summed E-state index contributed by atoms with van der Waals surface area (Å²) in [4.78, 5) is 16.0. The number of anilines is 1. The second kappa shape index (κ2) is 5.19. The Morgan fingerprint density at radius 1 is 1.37 bits per heavy atom. The van der Waals surface area contributed by atoms with Crippen molar-refractivity contribution in [2.75, 3.05) is 12.4 Å². The van der Waals surface area contributed by atoms with E-state index in [1.807, 2.05) is 18.2 Å². The van der Waals surface area contributed by atoms with E-state index >= 15 is 0 Å². The highest BCUT2D eigenvalue weighted by Crippen LogP contribution is 2.20. The molecule has 1 aromatic carbocycles. The molecule has 0 bridgehead atoms. The van der Waals surface area contributed by atoms with E-state index in [1.54, 1.807) is 30.9 Å². The van der Waals surface area contributed by atoms with Crippen LogP contribution in [0.5, 0.6) is 0 Å². The molecular formula is C13H16N4O2. The Bertz CT molecular complexity index is 564. The van der Waals surface area contributed by atoms with Crippen LogP contribution in [0, 0.1) is 0 Å². The third kappa shape index (κ3) is 2.79. The fourth-order valence-corrected chi connectivity index (χ4v) is 1.48. The van der Waals surface area contributed by atoms with Crippen LogP contribution in [-0.4, -0.2) is 33.4 Å². The zero-order valence-corrected chi connectivity index (χ0v) is 11.1. The highest BCUT2D eigenvalue weighted by atomic mass is 16.5. The number of nitrogens with zero attached hydrogens (tertiary/aromatic N) is 3. The summed E-state index contributed by atoms with van der Waals surface area (Å²) in [5.41, 5.74) is 0.513. The summed E-state index contributed by atoms with van der Waals surface area (Å²) in [5, 5.41) is 6.90. The zero-order valence-electron chi connectivity index (χ0n) is 11.1. The van der Waals surface area contributed by atoms with Gasteiger partial charge in [0.25, 0.3) is 5.91 Å². The van der Waals surface area contributed by atoms with Gasteiger partial charge in [-0.1, -0.05) is 12.1 Å². The first-order valence-corrected chi connectivity index (χ1v) is 5.85. The first-order valence-electron chi connectivity index (χ1n) is 5.85. The van der Waals surface area contributed by atoms with Gasteiger partial charge in [-0.15, -0.1) is 0 Å². The summed E-state index contributed by atoms with van der Waals surface area (Å²) < 4.78 is 6.75. The van der Waals surface area contributed by atoms with Gasteiger partial charge in [0, 0.05) is 7.11 Å². The van der Waals surface area contributed by atoms with Crippen LogP contribution in [0.2, 0.25) is 0 Å². The van der Waals surface area contributed by atoms with Crippen molar-refractivity contribution >= 4 is 11.6 Å². The monoisotopic (exact) mass is 260 g/mol. The number of rotatable bonds is 4. The van der Waals surface area contributed by atoms with Gasteiger partial charge < -0.3 is 10.1 Å². The standard InChI is InChI=1S/C13H16N4O2/c1-13(2,19-3)12(18)16-10-6-4-5-7-11(10)17-9-14-8-15-17/h4-9H,1-3H3,(H,16,18). The van der Waals surface area contributed by atoms with Crippen molar-refractivity contribution in [3.63, 3.8) is 0 Å². The number of nitrogens with one attached hydrogen (secondary N) is 1. The maximum atomic E-state index is 12.1. The second-order valence-corrected chi connectivity index (χ2v) is 4.53. The van der Waals surface area contributed by atoms with Crippen LogP contribution >= 0.6 is 0 Å². The molecule has 1 amide bonds. The molecule has 1 N–H and O–H groups in total. The minimum absolute atomic E-state index is 0.220. The van der Waals surface area contributed by atoms with Gasteiger partial charge in [-0.25, -0.2) is 9.67 Å². The molecule has 0 aliphatic carbocycles. The van der Waals surface area contributed by atoms with Crippen LogP contribution in [-0.2, 0) is 9.53 Å². The van der Waals surface area contributed by atoms with Crippen molar-refractivity contribution in [1.29, 1.82) is 0 Å². The molecule has 1 aromatic heterocycles. The fraction of sp³-hybridized carbons (Fsp3) is 0.308. The summed E-state index contributed by atoms with van der Waals surface area (Å²) in [5.74, 6) is -0.220. The molecule has 6 nitrogen and oxygen atoms in total. The van der Waals surface area contributed by atoms with Crippen molar-refractivity contribution in [1.82, 2.24) is 14.8 Å². The molecule has 0 aliphatic rings. The number of carbonyl (C=O) groups excluding carboxylic acids is 1. The largest absolute Gasteiger partial charge is 0.369 e. The van der Waals surface area contributed by atoms with Crippen molar-refractivity contribution in [3.8, 4) is 5.69 Å². The Kier molecular flexibility index (Phi) is 3.62. The van der Waals surface area contributed by atoms with Crippen LogP contribution < -0.4 is 5.32 Å². The molecule has 6 heteroatoms. The highest BCUT2D eigenvalue weighted by molar-refractivity contribution is 5.98. The molecule has 0 aliphatic heterocycles. The molecule has 19 heavy (non-hydrogen) atoms. The molecule has 0 radical (unpaired) electrons. The van der Waals surface area contributed by atoms with E-state index in [0.717, 1.165) is 5.69 Å². The SMILES string of the molecule is COC(C)(C)C(=O)Nc1ccccc1-n1cncn1. The molecule has 2 rings (SSSR count). The third-order valence-corrected chi connectivity index (χ3v) is 2.87. The van der Waals surface area contributed by atoms with Gasteiger partial charge in [0.1, 0.15) is 18.3 Å². The van der Waals surface area contributed by atoms with Crippen LogP contribution in [0.25, 0.3) is 5.69 Å². The number of amides is 1. The van der Waals surface area contributed by atoms with Gasteiger partial charge in [0.2, 0.25) is 0 Å². The number of hydrogen-bond donors (Lipinski definition) is 1. The number of para-hydroxylation sites is 2. The van der Waals surface area contributed by atoms with Gasteiger partial charge in [0.15, 0.2) is 0 Å². The summed E-state index contributed by atoms with van der Waals surface area (Å²) in [7, 11) is 1.50. The summed E-state index contributed by atoms with van der Waals surface area (Å²) in [6.07, 6.45) is 3.02. The lowest BCUT2D eigenvalue weighted by Crippen LogP contribution is -2.39. The molecule has 0 saturated heterocycles. The van der Waals surface area contributed by atoms with Gasteiger partial charge in [-0.3, -0.25) is 4.79 Å². The molecule has 2 aromatic rings. The topological polar surface area (TPSA) is 69.0 Å². The minimum atomic E-state index is -0.893. The average molecular weight is 260 g/mol. The summed E-state index contributed by atoms with van der Waals surface area (Å²) >= 11 is 0. The Hall–Kier alpha value is -2.21. The van der Waals surface area contributed by atoms with Gasteiger partial charge in [0.05, 0.1) is 11.4 Å². The predicted octanol–water partition coefficient (Wildman–Crippen LogP) is 1.63. The van der Waals surface area contributed by atoms with Crippen molar-refractivity contribution in [3.05, 3.63) is 36.9 Å². The van der Waals surface area contributed by atoms with Crippen LogP contribution in [0.15, 0.2) is 36.9 Å².